The van der Waals surface area contributed by atoms with E-state index in [2.05, 4.69) is 310 Å². The summed E-state index contributed by atoms with van der Waals surface area (Å²) >= 11 is 0. The summed E-state index contributed by atoms with van der Waals surface area (Å²) in [5.41, 5.74) is 30.9. The highest BCUT2D eigenvalue weighted by molar-refractivity contribution is 7.00. The Morgan fingerprint density at radius 2 is 0.577 bits per heavy atom. The van der Waals surface area contributed by atoms with E-state index in [4.69, 9.17) is 0 Å². The molecule has 2 nitrogen and oxygen atoms in total. The Balaban J connectivity index is 1.19. The molecule has 2 aliphatic rings. The first-order chi connectivity index (χ1) is 38.5. The molecule has 0 N–H and O–H groups in total. The predicted octanol–water partition coefficient (Wildman–Crippen LogP) is 18.4. The van der Waals surface area contributed by atoms with Crippen molar-refractivity contribution in [3.63, 3.8) is 0 Å². The van der Waals surface area contributed by atoms with E-state index in [0.717, 1.165) is 78.6 Å². The summed E-state index contributed by atoms with van der Waals surface area (Å²) in [5, 5.41) is 0. The average Bonchev–Trinajstić information content (AvgIpc) is 3.68. The smallest absolute Gasteiger partial charge is 0.252 e. The van der Waals surface area contributed by atoms with E-state index in [0.29, 0.717) is 0 Å². The fourth-order valence-corrected chi connectivity index (χ4v) is 12.9. The Hall–Kier alpha value is -9.70. The van der Waals surface area contributed by atoms with Crippen molar-refractivity contribution in [1.82, 2.24) is 0 Å². The molecule has 0 unspecified atom stereocenters. The molecule has 0 amide bonds. The molecule has 2 aliphatic heterocycles. The highest BCUT2D eigenvalue weighted by atomic mass is 15.2. The van der Waals surface area contributed by atoms with E-state index >= 15 is 0 Å². The quantitative estimate of drug-likeness (QED) is 0.133. The summed E-state index contributed by atoms with van der Waals surface area (Å²) < 4.78 is 0. The Kier molecular flexibility index (Phi) is 11.7. The second-order valence-electron chi connectivity index (χ2n) is 21.0. The van der Waals surface area contributed by atoms with Gasteiger partial charge in [-0.3, -0.25) is 0 Å². The molecule has 12 aromatic rings. The summed E-state index contributed by atoms with van der Waals surface area (Å²) in [7, 11) is 0. The molecule has 0 saturated heterocycles. The van der Waals surface area contributed by atoms with Gasteiger partial charge in [0.1, 0.15) is 0 Å². The third-order valence-electron chi connectivity index (χ3n) is 16.1. The van der Waals surface area contributed by atoms with Gasteiger partial charge in [-0.2, -0.15) is 0 Å². The molecule has 0 saturated carbocycles. The van der Waals surface area contributed by atoms with E-state index in [1.807, 2.05) is 0 Å². The third kappa shape index (κ3) is 7.97. The van der Waals surface area contributed by atoms with Crippen LogP contribution >= 0.6 is 0 Å². The second-order valence-corrected chi connectivity index (χ2v) is 21.0. The molecular weight excluding hydrogens is 940 g/mol. The summed E-state index contributed by atoms with van der Waals surface area (Å²) in [6, 6.07) is 104. The largest absolute Gasteiger partial charge is 0.310 e. The van der Waals surface area contributed by atoms with Crippen molar-refractivity contribution < 1.29 is 0 Å². The van der Waals surface area contributed by atoms with Gasteiger partial charge in [-0.05, 0) is 128 Å². The van der Waals surface area contributed by atoms with Gasteiger partial charge in [-0.15, -0.1) is 0 Å². The Morgan fingerprint density at radius 3 is 0.910 bits per heavy atom. The van der Waals surface area contributed by atoms with Crippen LogP contribution in [0.25, 0.3) is 77.9 Å². The van der Waals surface area contributed by atoms with Crippen molar-refractivity contribution >= 4 is 57.2 Å². The maximum Gasteiger partial charge on any atom is 0.252 e. The van der Waals surface area contributed by atoms with Crippen molar-refractivity contribution in [2.24, 2.45) is 0 Å². The standard InChI is InChI=1S/C75H55BN2/c1-50-44-51(2)72(52(3)45-50)61-48-70-73-71(49-61)78(75-64(57-32-18-8-19-33-57)38-23-39-65(75)58-34-20-9-21-35-58)69-43-41-60(54-26-12-5-13-27-54)47-67(69)76(73)66-46-59(53-24-10-4-11-25-53)40-42-68(66)77(70)74-62(55-28-14-6-15-29-55)36-22-37-63(74)56-30-16-7-17-31-56/h4-49H,1-3H3. The van der Waals surface area contributed by atoms with Crippen LogP contribution in [0.1, 0.15) is 16.7 Å². The van der Waals surface area contributed by atoms with Crippen LogP contribution in [0.4, 0.5) is 34.1 Å². The maximum absolute atomic E-state index is 2.65. The molecule has 0 aliphatic carbocycles. The van der Waals surface area contributed by atoms with Gasteiger partial charge in [-0.1, -0.05) is 260 Å². The van der Waals surface area contributed by atoms with Crippen molar-refractivity contribution in [1.29, 1.82) is 0 Å². The Labute approximate surface area is 458 Å². The lowest BCUT2D eigenvalue weighted by Crippen LogP contribution is -2.61. The summed E-state index contributed by atoms with van der Waals surface area (Å²) in [6.45, 7) is 6.63. The molecule has 3 heteroatoms. The van der Waals surface area contributed by atoms with E-state index in [1.165, 1.54) is 66.5 Å². The summed E-state index contributed by atoms with van der Waals surface area (Å²) in [6.07, 6.45) is 0. The number of para-hydroxylation sites is 2. The number of aryl methyl sites for hydroxylation is 3. The van der Waals surface area contributed by atoms with Crippen LogP contribution in [0.2, 0.25) is 0 Å². The van der Waals surface area contributed by atoms with Gasteiger partial charge in [0.15, 0.2) is 0 Å². The van der Waals surface area contributed by atoms with Gasteiger partial charge >= 0.3 is 0 Å². The molecule has 0 aromatic heterocycles. The van der Waals surface area contributed by atoms with Gasteiger partial charge in [-0.25, -0.2) is 0 Å². The molecule has 0 bridgehead atoms. The zero-order valence-electron chi connectivity index (χ0n) is 44.0. The van der Waals surface area contributed by atoms with Crippen molar-refractivity contribution in [2.45, 2.75) is 20.8 Å². The summed E-state index contributed by atoms with van der Waals surface area (Å²) in [4.78, 5) is 5.30. The highest BCUT2D eigenvalue weighted by Crippen LogP contribution is 2.54. The van der Waals surface area contributed by atoms with Gasteiger partial charge in [0, 0.05) is 45.0 Å². The minimum Gasteiger partial charge on any atom is -0.310 e. The number of hydrogen-bond donors (Lipinski definition) is 0. The Morgan fingerprint density at radius 1 is 0.256 bits per heavy atom. The van der Waals surface area contributed by atoms with Gasteiger partial charge in [0.25, 0.3) is 6.71 Å². The molecule has 0 atom stereocenters. The first kappa shape index (κ1) is 46.8. The monoisotopic (exact) mass is 994 g/mol. The lowest BCUT2D eigenvalue weighted by molar-refractivity contribution is 1.25. The minimum absolute atomic E-state index is 0.165. The molecule has 12 aromatic carbocycles. The number of benzene rings is 12. The first-order valence-electron chi connectivity index (χ1n) is 27.2. The first-order valence-corrected chi connectivity index (χ1v) is 27.2. The number of fused-ring (bicyclic) bond motifs is 4. The fourth-order valence-electron chi connectivity index (χ4n) is 12.9. The molecule has 78 heavy (non-hydrogen) atoms. The number of rotatable bonds is 9. The number of nitrogens with zero attached hydrogens (tertiary/aromatic N) is 2. The lowest BCUT2D eigenvalue weighted by atomic mass is 9.33. The van der Waals surface area contributed by atoms with E-state index in [1.54, 1.807) is 0 Å². The molecule has 14 rings (SSSR count). The second kappa shape index (κ2) is 19.5. The van der Waals surface area contributed by atoms with Crippen LogP contribution in [-0.2, 0) is 0 Å². The van der Waals surface area contributed by atoms with Crippen LogP contribution in [0.15, 0.2) is 279 Å². The maximum atomic E-state index is 2.65. The SMILES string of the molecule is Cc1cc(C)c(-c2cc3c4c(c2)N(c2c(-c5ccccc5)cccc2-c2ccccc2)c2ccc(-c5ccccc5)cc2B4c2cc(-c4ccccc4)ccc2N3c2c(-c3ccccc3)cccc2-c2ccccc2)c(C)c1. The topological polar surface area (TPSA) is 6.48 Å². The van der Waals surface area contributed by atoms with Crippen LogP contribution < -0.4 is 26.2 Å². The highest BCUT2D eigenvalue weighted by Gasteiger charge is 2.45. The Bertz CT molecular complexity index is 3830. The summed E-state index contributed by atoms with van der Waals surface area (Å²) in [5.74, 6) is 0. The molecule has 0 fully saturated rings. The van der Waals surface area contributed by atoms with Crippen LogP contribution in [-0.4, -0.2) is 6.71 Å². The fraction of sp³-hybridized carbons (Fsp3) is 0.0400. The van der Waals surface area contributed by atoms with E-state index in [9.17, 15) is 0 Å². The van der Waals surface area contributed by atoms with Crippen molar-refractivity contribution in [2.75, 3.05) is 9.80 Å². The molecule has 0 spiro atoms. The molecule has 0 radical (unpaired) electrons. The lowest BCUT2D eigenvalue weighted by Gasteiger charge is -2.46. The molecule has 2 heterocycles. The zero-order valence-corrected chi connectivity index (χ0v) is 44.0. The zero-order chi connectivity index (χ0) is 52.3. The van der Waals surface area contributed by atoms with E-state index in [-0.39, 0.29) is 6.71 Å². The normalized spacial score (nSPS) is 12.2. The number of hydrogen-bond acceptors (Lipinski definition) is 2. The van der Waals surface area contributed by atoms with Crippen LogP contribution in [0.3, 0.4) is 0 Å². The van der Waals surface area contributed by atoms with Crippen molar-refractivity contribution in [3.8, 4) is 77.9 Å². The van der Waals surface area contributed by atoms with Gasteiger partial charge in [0.2, 0.25) is 0 Å². The van der Waals surface area contributed by atoms with E-state index < -0.39 is 0 Å². The van der Waals surface area contributed by atoms with Crippen LogP contribution in [0.5, 0.6) is 0 Å². The number of anilines is 6. The molecular formula is C75H55BN2. The third-order valence-corrected chi connectivity index (χ3v) is 16.1. The van der Waals surface area contributed by atoms with Gasteiger partial charge in [0.05, 0.1) is 11.4 Å². The average molecular weight is 995 g/mol. The van der Waals surface area contributed by atoms with Crippen molar-refractivity contribution in [3.05, 3.63) is 296 Å². The molecule has 368 valence electrons. The predicted molar refractivity (Wildman–Crippen MR) is 333 cm³/mol. The van der Waals surface area contributed by atoms with Gasteiger partial charge < -0.3 is 9.80 Å². The van der Waals surface area contributed by atoms with Crippen LogP contribution in [0, 0.1) is 20.8 Å². The minimum atomic E-state index is -0.165.